The van der Waals surface area contributed by atoms with Gasteiger partial charge in [-0.15, -0.1) is 0 Å². The number of aromatic amines is 1. The lowest BCUT2D eigenvalue weighted by Crippen LogP contribution is -2.71. The normalized spacial score (nSPS) is 22.2. The van der Waals surface area contributed by atoms with E-state index in [0.717, 1.165) is 50.9 Å². The minimum atomic E-state index is -0.161. The predicted octanol–water partition coefficient (Wildman–Crippen LogP) is 3.09. The summed E-state index contributed by atoms with van der Waals surface area (Å²) in [5.74, 6) is 1.45. The van der Waals surface area contributed by atoms with Gasteiger partial charge in [0.15, 0.2) is 0 Å². The van der Waals surface area contributed by atoms with E-state index in [2.05, 4.69) is 67.5 Å². The molecule has 2 aliphatic heterocycles. The molecule has 0 aliphatic carbocycles. The molecule has 6 heteroatoms. The molecule has 2 aliphatic rings. The third-order valence-electron chi connectivity index (χ3n) is 5.10. The third-order valence-corrected chi connectivity index (χ3v) is 5.10. The van der Waals surface area contributed by atoms with E-state index >= 15 is 0 Å². The monoisotopic (exact) mass is 362 g/mol. The molecule has 146 valence electrons. The summed E-state index contributed by atoms with van der Waals surface area (Å²) in [6, 6.07) is 0. The number of allylic oxidation sites excluding steroid dienone is 2. The van der Waals surface area contributed by atoms with Crippen LogP contribution in [0.25, 0.3) is 5.57 Å². The smallest absolute Gasteiger partial charge is 0.133 e. The molecule has 3 heterocycles. The Morgan fingerprint density at radius 3 is 2.65 bits per heavy atom. The van der Waals surface area contributed by atoms with E-state index < -0.39 is 0 Å². The van der Waals surface area contributed by atoms with E-state index in [-0.39, 0.29) is 11.1 Å². The maximum absolute atomic E-state index is 6.11. The van der Waals surface area contributed by atoms with E-state index in [4.69, 9.17) is 9.57 Å². The van der Waals surface area contributed by atoms with Crippen LogP contribution in [0.5, 0.6) is 0 Å². The van der Waals surface area contributed by atoms with Gasteiger partial charge in [-0.1, -0.05) is 19.9 Å². The van der Waals surface area contributed by atoms with Crippen LogP contribution in [0, 0.1) is 5.92 Å². The fraction of sp³-hybridized carbons (Fsp3) is 0.750. The molecule has 0 unspecified atom stereocenters. The molecule has 0 atom stereocenters. The number of hydrogen-bond donors (Lipinski definition) is 1. The van der Waals surface area contributed by atoms with Crippen LogP contribution >= 0.6 is 0 Å². The lowest BCUT2D eigenvalue weighted by Gasteiger charge is -2.55. The van der Waals surface area contributed by atoms with Gasteiger partial charge >= 0.3 is 0 Å². The minimum absolute atomic E-state index is 0.0518. The second-order valence-electron chi connectivity index (χ2n) is 8.86. The zero-order valence-corrected chi connectivity index (χ0v) is 17.1. The van der Waals surface area contributed by atoms with Crippen LogP contribution in [0.15, 0.2) is 12.3 Å². The van der Waals surface area contributed by atoms with E-state index in [0.29, 0.717) is 5.92 Å². The Kier molecular flexibility index (Phi) is 5.58. The van der Waals surface area contributed by atoms with Gasteiger partial charge in [-0.2, -0.15) is 5.06 Å². The standard InChI is InChI=1S/C20H34N4O2/c1-7-17(15(2)3)18-21-10-16(22-18)11-23-8-9-24(26-19(4,5)6)12-20(23)13-25-14-20/h7,10,15H,8-9,11-14H2,1-6H3,(H,21,22)/b17-7-. The predicted molar refractivity (Wildman–Crippen MR) is 103 cm³/mol. The highest BCUT2D eigenvalue weighted by molar-refractivity contribution is 5.61. The average Bonchev–Trinajstić information content (AvgIpc) is 2.94. The summed E-state index contributed by atoms with van der Waals surface area (Å²) in [5.41, 5.74) is 2.32. The van der Waals surface area contributed by atoms with E-state index in [1.165, 1.54) is 5.57 Å². The van der Waals surface area contributed by atoms with Gasteiger partial charge in [-0.05, 0) is 39.2 Å². The fourth-order valence-electron chi connectivity index (χ4n) is 3.84. The number of hydrogen-bond acceptors (Lipinski definition) is 5. The van der Waals surface area contributed by atoms with E-state index in [1.54, 1.807) is 0 Å². The quantitative estimate of drug-likeness (QED) is 0.872. The van der Waals surface area contributed by atoms with Crippen LogP contribution in [-0.2, 0) is 16.1 Å². The summed E-state index contributed by atoms with van der Waals surface area (Å²) in [4.78, 5) is 16.8. The summed E-state index contributed by atoms with van der Waals surface area (Å²) in [6.45, 7) is 17.9. The van der Waals surface area contributed by atoms with Crippen molar-refractivity contribution in [3.05, 3.63) is 23.8 Å². The SMILES string of the molecule is C/C=C(\c1ncc(CN2CCN(OC(C)(C)C)CC23COC3)[nH]1)C(C)C. The Balaban J connectivity index is 1.68. The summed E-state index contributed by atoms with van der Waals surface area (Å²) < 4.78 is 5.60. The van der Waals surface area contributed by atoms with Crippen LogP contribution in [0.3, 0.4) is 0 Å². The Labute approximate surface area is 157 Å². The maximum Gasteiger partial charge on any atom is 0.133 e. The van der Waals surface area contributed by atoms with E-state index in [1.807, 2.05) is 6.20 Å². The molecule has 0 bridgehead atoms. The number of aromatic nitrogens is 2. The molecule has 0 amide bonds. The molecule has 1 spiro atoms. The van der Waals surface area contributed by atoms with Crippen LogP contribution in [0.1, 0.15) is 53.1 Å². The van der Waals surface area contributed by atoms with Crippen LogP contribution in [0.2, 0.25) is 0 Å². The van der Waals surface area contributed by atoms with Crippen molar-refractivity contribution in [1.29, 1.82) is 0 Å². The van der Waals surface area contributed by atoms with Gasteiger partial charge in [0.2, 0.25) is 0 Å². The lowest BCUT2D eigenvalue weighted by atomic mass is 9.92. The van der Waals surface area contributed by atoms with Crippen molar-refractivity contribution in [1.82, 2.24) is 19.9 Å². The van der Waals surface area contributed by atoms with Crippen molar-refractivity contribution in [2.45, 2.75) is 59.2 Å². The van der Waals surface area contributed by atoms with Crippen molar-refractivity contribution < 1.29 is 9.57 Å². The van der Waals surface area contributed by atoms with Crippen LogP contribution in [-0.4, -0.2) is 63.9 Å². The Bertz CT molecular complexity index is 640. The van der Waals surface area contributed by atoms with Gasteiger partial charge in [0.25, 0.3) is 0 Å². The first kappa shape index (κ1) is 19.5. The molecule has 0 saturated carbocycles. The van der Waals surface area contributed by atoms with Crippen molar-refractivity contribution in [2.24, 2.45) is 5.92 Å². The highest BCUT2D eigenvalue weighted by atomic mass is 16.7. The second kappa shape index (κ2) is 7.43. The summed E-state index contributed by atoms with van der Waals surface area (Å²) >= 11 is 0. The number of ether oxygens (including phenoxy) is 1. The number of H-pyrrole nitrogens is 1. The summed E-state index contributed by atoms with van der Waals surface area (Å²) in [6.07, 6.45) is 4.13. The van der Waals surface area contributed by atoms with Crippen LogP contribution in [0.4, 0.5) is 0 Å². The van der Waals surface area contributed by atoms with Gasteiger partial charge in [0, 0.05) is 38.1 Å². The molecule has 3 rings (SSSR count). The van der Waals surface area contributed by atoms with Crippen molar-refractivity contribution in [3.63, 3.8) is 0 Å². The molecule has 0 radical (unpaired) electrons. The number of piperazine rings is 1. The fourth-order valence-corrected chi connectivity index (χ4v) is 3.84. The minimum Gasteiger partial charge on any atom is -0.377 e. The largest absolute Gasteiger partial charge is 0.377 e. The zero-order chi connectivity index (χ0) is 18.9. The Hall–Kier alpha value is -1.21. The highest BCUT2D eigenvalue weighted by Crippen LogP contribution is 2.32. The number of nitrogens with one attached hydrogen (secondary N) is 1. The van der Waals surface area contributed by atoms with Gasteiger partial charge in [-0.25, -0.2) is 4.98 Å². The molecule has 6 nitrogen and oxygen atoms in total. The van der Waals surface area contributed by atoms with E-state index in [9.17, 15) is 0 Å². The highest BCUT2D eigenvalue weighted by Gasteiger charge is 2.48. The molecule has 2 fully saturated rings. The summed E-state index contributed by atoms with van der Waals surface area (Å²) in [7, 11) is 0. The molecule has 1 aromatic rings. The van der Waals surface area contributed by atoms with Gasteiger partial charge in [0.1, 0.15) is 5.82 Å². The average molecular weight is 363 g/mol. The van der Waals surface area contributed by atoms with Gasteiger partial charge in [0.05, 0.1) is 24.4 Å². The van der Waals surface area contributed by atoms with Crippen molar-refractivity contribution >= 4 is 5.57 Å². The first-order valence-electron chi connectivity index (χ1n) is 9.70. The third kappa shape index (κ3) is 4.19. The molecule has 2 saturated heterocycles. The van der Waals surface area contributed by atoms with Crippen molar-refractivity contribution in [3.8, 4) is 0 Å². The maximum atomic E-state index is 6.11. The Morgan fingerprint density at radius 2 is 2.12 bits per heavy atom. The first-order valence-corrected chi connectivity index (χ1v) is 9.70. The number of imidazole rings is 1. The van der Waals surface area contributed by atoms with Gasteiger partial charge < -0.3 is 9.72 Å². The molecule has 26 heavy (non-hydrogen) atoms. The number of nitrogens with zero attached hydrogens (tertiary/aromatic N) is 3. The number of rotatable bonds is 5. The molecule has 0 aromatic carbocycles. The summed E-state index contributed by atoms with van der Waals surface area (Å²) in [5, 5.41) is 2.12. The zero-order valence-electron chi connectivity index (χ0n) is 17.1. The topological polar surface area (TPSA) is 53.6 Å². The molecule has 1 N–H and O–H groups in total. The molecule has 1 aromatic heterocycles. The van der Waals surface area contributed by atoms with Crippen LogP contribution < -0.4 is 0 Å². The van der Waals surface area contributed by atoms with Crippen molar-refractivity contribution in [2.75, 3.05) is 32.8 Å². The first-order chi connectivity index (χ1) is 12.2. The second-order valence-corrected chi connectivity index (χ2v) is 8.86. The molecular weight excluding hydrogens is 328 g/mol. The van der Waals surface area contributed by atoms with Gasteiger partial charge in [-0.3, -0.25) is 9.74 Å². The molecular formula is C20H34N4O2. The lowest BCUT2D eigenvalue weighted by molar-refractivity contribution is -0.287. The number of hydroxylamine groups is 2. The Morgan fingerprint density at radius 1 is 1.38 bits per heavy atom.